The first kappa shape index (κ1) is 11.7. The van der Waals surface area contributed by atoms with Crippen molar-refractivity contribution < 1.29 is 3.48 Å². The SMILES string of the molecule is CC[Si](CC)(CC)[O][Al]([CH3])[CH3]. The summed E-state index contributed by atoms with van der Waals surface area (Å²) in [5, 5.41) is 0. The van der Waals surface area contributed by atoms with Gasteiger partial charge in [0.25, 0.3) is 0 Å². The molecule has 0 aliphatic heterocycles. The van der Waals surface area contributed by atoms with Gasteiger partial charge < -0.3 is 3.48 Å². The minimum atomic E-state index is -1.22. The molecule has 0 radical (unpaired) electrons. The zero-order chi connectivity index (χ0) is 8.91. The highest BCUT2D eigenvalue weighted by Crippen LogP contribution is 2.22. The van der Waals surface area contributed by atoms with Gasteiger partial charge in [-0.25, -0.2) is 0 Å². The molecule has 0 aromatic carbocycles. The predicted octanol–water partition coefficient (Wildman–Crippen LogP) is 3.26. The van der Waals surface area contributed by atoms with Crippen LogP contribution in [0.3, 0.4) is 0 Å². The van der Waals surface area contributed by atoms with E-state index in [1.807, 2.05) is 0 Å². The predicted molar refractivity (Wildman–Crippen MR) is 55.8 cm³/mol. The van der Waals surface area contributed by atoms with Gasteiger partial charge in [-0.3, -0.25) is 0 Å². The molecule has 0 spiro atoms. The molecule has 0 saturated carbocycles. The van der Waals surface area contributed by atoms with E-state index >= 15 is 0 Å². The molecule has 1 nitrogen and oxygen atoms in total. The molecule has 3 heteroatoms. The second kappa shape index (κ2) is 5.37. The zero-order valence-corrected chi connectivity index (χ0v) is 10.8. The van der Waals surface area contributed by atoms with Crippen LogP contribution in [0.25, 0.3) is 0 Å². The minimum absolute atomic E-state index is 0.787. The lowest BCUT2D eigenvalue weighted by molar-refractivity contribution is 0.554. The van der Waals surface area contributed by atoms with Gasteiger partial charge in [0, 0.05) is 0 Å². The van der Waals surface area contributed by atoms with Gasteiger partial charge in [0.2, 0.25) is 0 Å². The summed E-state index contributed by atoms with van der Waals surface area (Å²) in [5.41, 5.74) is 0. The van der Waals surface area contributed by atoms with Crippen molar-refractivity contribution in [2.75, 3.05) is 0 Å². The fourth-order valence-electron chi connectivity index (χ4n) is 1.50. The van der Waals surface area contributed by atoms with Crippen molar-refractivity contribution in [2.45, 2.75) is 50.5 Å². The van der Waals surface area contributed by atoms with Crippen LogP contribution in [-0.4, -0.2) is 22.8 Å². The third kappa shape index (κ3) is 3.75. The van der Waals surface area contributed by atoms with Crippen molar-refractivity contribution in [1.29, 1.82) is 0 Å². The molecule has 0 heterocycles. The highest BCUT2D eigenvalue weighted by Gasteiger charge is 2.29. The van der Waals surface area contributed by atoms with E-state index in [4.69, 9.17) is 3.48 Å². The highest BCUT2D eigenvalue weighted by molar-refractivity contribution is 6.79. The van der Waals surface area contributed by atoms with Crippen molar-refractivity contribution in [3.63, 3.8) is 0 Å². The molecule has 0 bridgehead atoms. The van der Waals surface area contributed by atoms with Crippen molar-refractivity contribution in [2.24, 2.45) is 0 Å². The lowest BCUT2D eigenvalue weighted by Gasteiger charge is -2.30. The molecule has 0 aromatic heterocycles. The molecule has 0 fully saturated rings. The Kier molecular flexibility index (Phi) is 5.72. The summed E-state index contributed by atoms with van der Waals surface area (Å²) in [4.78, 5) is 0. The number of hydrogen-bond donors (Lipinski definition) is 0. The Morgan fingerprint density at radius 3 is 1.45 bits per heavy atom. The largest absolute Gasteiger partial charge is 0.545 e. The number of rotatable bonds is 5. The van der Waals surface area contributed by atoms with Crippen LogP contribution in [0, 0.1) is 0 Å². The molecule has 0 aliphatic rings. The summed E-state index contributed by atoms with van der Waals surface area (Å²) in [6.07, 6.45) is 0. The molecule has 0 unspecified atom stereocenters. The van der Waals surface area contributed by atoms with Crippen LogP contribution < -0.4 is 0 Å². The number of hydrogen-bond acceptors (Lipinski definition) is 1. The lowest BCUT2D eigenvalue weighted by atomic mass is 10.9. The van der Waals surface area contributed by atoms with Crippen LogP contribution in [0.2, 0.25) is 29.7 Å². The molecule has 0 saturated heterocycles. The summed E-state index contributed by atoms with van der Waals surface area (Å²) < 4.78 is 6.16. The Balaban J connectivity index is 4.05. The van der Waals surface area contributed by atoms with Crippen LogP contribution in [0.1, 0.15) is 20.8 Å². The maximum Gasteiger partial charge on any atom is 0.443 e. The van der Waals surface area contributed by atoms with Gasteiger partial charge in [-0.1, -0.05) is 32.3 Å². The average Bonchev–Trinajstić information content (AvgIpc) is 2.00. The van der Waals surface area contributed by atoms with E-state index < -0.39 is 22.8 Å². The topological polar surface area (TPSA) is 9.23 Å². The normalized spacial score (nSPS) is 11.7. The van der Waals surface area contributed by atoms with E-state index in [0.717, 1.165) is 0 Å². The third-order valence-corrected chi connectivity index (χ3v) is 10.2. The van der Waals surface area contributed by atoms with Gasteiger partial charge in [0.1, 0.15) is 0 Å². The van der Waals surface area contributed by atoms with Crippen LogP contribution in [-0.2, 0) is 3.48 Å². The maximum atomic E-state index is 6.16. The zero-order valence-electron chi connectivity index (χ0n) is 8.61. The first-order valence-electron chi connectivity index (χ1n) is 4.78. The van der Waals surface area contributed by atoms with Crippen molar-refractivity contribution >= 4 is 22.8 Å². The molecule has 0 atom stereocenters. The van der Waals surface area contributed by atoms with E-state index in [1.165, 1.54) is 18.1 Å². The molecule has 66 valence electrons. The first-order valence-corrected chi connectivity index (χ1v) is 10.1. The molecule has 11 heavy (non-hydrogen) atoms. The standard InChI is InChI=1S/C6H15OSi.2CH3.Al/c1-4-8(7,5-2)6-3;;;/h4-6H2,1-3H3;2*1H3;/q-1;;;+1. The van der Waals surface area contributed by atoms with E-state index in [9.17, 15) is 0 Å². The minimum Gasteiger partial charge on any atom is -0.545 e. The molecular weight excluding hydrogens is 167 g/mol. The van der Waals surface area contributed by atoms with Gasteiger partial charge in [0.15, 0.2) is 8.32 Å². The molecule has 0 aromatic rings. The van der Waals surface area contributed by atoms with E-state index in [0.29, 0.717) is 0 Å². The summed E-state index contributed by atoms with van der Waals surface area (Å²) in [6.45, 7) is 6.86. The lowest BCUT2D eigenvalue weighted by Crippen LogP contribution is -2.39. The van der Waals surface area contributed by atoms with Crippen molar-refractivity contribution in [1.82, 2.24) is 0 Å². The Morgan fingerprint density at radius 2 is 1.36 bits per heavy atom. The first-order chi connectivity index (χ1) is 5.10. The van der Waals surface area contributed by atoms with Crippen LogP contribution in [0.5, 0.6) is 0 Å². The second-order valence-corrected chi connectivity index (χ2v) is 10.9. The summed E-state index contributed by atoms with van der Waals surface area (Å²) in [6, 6.07) is 3.89. The Labute approximate surface area is 77.0 Å². The van der Waals surface area contributed by atoms with Crippen LogP contribution in [0.4, 0.5) is 0 Å². The summed E-state index contributed by atoms with van der Waals surface area (Å²) in [7, 11) is -1.22. The van der Waals surface area contributed by atoms with Gasteiger partial charge in [0.05, 0.1) is 0 Å². The average molecular weight is 188 g/mol. The smallest absolute Gasteiger partial charge is 0.443 e. The fraction of sp³-hybridized carbons (Fsp3) is 1.00. The van der Waals surface area contributed by atoms with Crippen LogP contribution in [0.15, 0.2) is 0 Å². The molecule has 0 N–H and O–H groups in total. The van der Waals surface area contributed by atoms with Crippen molar-refractivity contribution in [3.8, 4) is 0 Å². The van der Waals surface area contributed by atoms with Crippen LogP contribution >= 0.6 is 0 Å². The van der Waals surface area contributed by atoms with Gasteiger partial charge in [-0.15, -0.1) is 0 Å². The van der Waals surface area contributed by atoms with Gasteiger partial charge in [-0.2, -0.15) is 0 Å². The summed E-state index contributed by atoms with van der Waals surface area (Å²) in [5.74, 6) is 4.56. The van der Waals surface area contributed by atoms with Gasteiger partial charge in [-0.05, 0) is 18.1 Å². The maximum absolute atomic E-state index is 6.16. The summed E-state index contributed by atoms with van der Waals surface area (Å²) >= 11 is -0.787. The molecule has 0 amide bonds. The monoisotopic (exact) mass is 188 g/mol. The second-order valence-electron chi connectivity index (χ2n) is 3.41. The van der Waals surface area contributed by atoms with E-state index in [2.05, 4.69) is 32.3 Å². The fourth-order valence-corrected chi connectivity index (χ4v) is 9.00. The van der Waals surface area contributed by atoms with E-state index in [1.54, 1.807) is 0 Å². The Hall–Kier alpha value is 0.709. The Bertz CT molecular complexity index is 94.0. The molecule has 0 aliphatic carbocycles. The Morgan fingerprint density at radius 1 is 1.00 bits per heavy atom. The van der Waals surface area contributed by atoms with Gasteiger partial charge >= 0.3 is 14.5 Å². The third-order valence-electron chi connectivity index (χ3n) is 2.42. The molecular formula is C8H21AlOSi. The quantitative estimate of drug-likeness (QED) is 0.602. The van der Waals surface area contributed by atoms with E-state index in [-0.39, 0.29) is 0 Å². The van der Waals surface area contributed by atoms with Crippen molar-refractivity contribution in [3.05, 3.63) is 0 Å². The molecule has 0 rings (SSSR count). The highest BCUT2D eigenvalue weighted by atomic mass is 28.4.